The molecule has 0 amide bonds. The standard InChI is InChI=1S/C14H18FN3/c1-9-8-10(2)18(17-9)14(11(3)16)12-4-6-13(15)7-5-12/h4-8,11,14H,16H2,1-3H3. The van der Waals surface area contributed by atoms with Crippen molar-refractivity contribution in [2.24, 2.45) is 5.73 Å². The maximum absolute atomic E-state index is 13.0. The summed E-state index contributed by atoms with van der Waals surface area (Å²) in [5, 5.41) is 4.47. The zero-order valence-corrected chi connectivity index (χ0v) is 10.9. The Morgan fingerprint density at radius 3 is 2.28 bits per heavy atom. The number of rotatable bonds is 3. The molecule has 2 N–H and O–H groups in total. The first-order chi connectivity index (χ1) is 8.49. The zero-order valence-electron chi connectivity index (χ0n) is 10.9. The Kier molecular flexibility index (Phi) is 3.48. The van der Waals surface area contributed by atoms with Crippen LogP contribution in [0.1, 0.15) is 29.9 Å². The smallest absolute Gasteiger partial charge is 0.123 e. The summed E-state index contributed by atoms with van der Waals surface area (Å²) in [7, 11) is 0. The average Bonchev–Trinajstić information content (AvgIpc) is 2.61. The average molecular weight is 247 g/mol. The van der Waals surface area contributed by atoms with Crippen LogP contribution in [0.15, 0.2) is 30.3 Å². The quantitative estimate of drug-likeness (QED) is 0.906. The van der Waals surface area contributed by atoms with Crippen molar-refractivity contribution in [3.63, 3.8) is 0 Å². The minimum atomic E-state index is -0.240. The van der Waals surface area contributed by atoms with Gasteiger partial charge in [0.1, 0.15) is 5.82 Å². The van der Waals surface area contributed by atoms with Crippen LogP contribution in [0, 0.1) is 19.7 Å². The van der Waals surface area contributed by atoms with Crippen molar-refractivity contribution in [3.8, 4) is 0 Å². The van der Waals surface area contributed by atoms with Crippen molar-refractivity contribution in [1.29, 1.82) is 0 Å². The third-order valence-corrected chi connectivity index (χ3v) is 3.02. The fourth-order valence-corrected chi connectivity index (χ4v) is 2.26. The predicted octanol–water partition coefficient (Wildman–Crippen LogP) is 2.58. The molecule has 0 aliphatic heterocycles. The molecule has 18 heavy (non-hydrogen) atoms. The highest BCUT2D eigenvalue weighted by Gasteiger charge is 2.20. The van der Waals surface area contributed by atoms with Gasteiger partial charge >= 0.3 is 0 Å². The topological polar surface area (TPSA) is 43.8 Å². The summed E-state index contributed by atoms with van der Waals surface area (Å²) in [5.74, 6) is -0.240. The monoisotopic (exact) mass is 247 g/mol. The van der Waals surface area contributed by atoms with Crippen LogP contribution in [0.2, 0.25) is 0 Å². The largest absolute Gasteiger partial charge is 0.326 e. The molecule has 0 saturated carbocycles. The van der Waals surface area contributed by atoms with Crippen LogP contribution in [-0.4, -0.2) is 15.8 Å². The van der Waals surface area contributed by atoms with Crippen LogP contribution in [0.3, 0.4) is 0 Å². The van der Waals surface area contributed by atoms with Gasteiger partial charge in [0.05, 0.1) is 11.7 Å². The van der Waals surface area contributed by atoms with Crippen LogP contribution in [0.25, 0.3) is 0 Å². The molecule has 0 spiro atoms. The second-order valence-electron chi connectivity index (χ2n) is 4.73. The number of nitrogens with zero attached hydrogens (tertiary/aromatic N) is 2. The van der Waals surface area contributed by atoms with Crippen molar-refractivity contribution in [2.75, 3.05) is 0 Å². The van der Waals surface area contributed by atoms with Gasteiger partial charge < -0.3 is 5.73 Å². The molecule has 2 unspecified atom stereocenters. The van der Waals surface area contributed by atoms with E-state index in [9.17, 15) is 4.39 Å². The van der Waals surface area contributed by atoms with E-state index in [0.717, 1.165) is 17.0 Å². The molecule has 96 valence electrons. The molecule has 1 aromatic heterocycles. The summed E-state index contributed by atoms with van der Waals surface area (Å²) in [6, 6.07) is 8.28. The molecule has 0 bridgehead atoms. The first-order valence-corrected chi connectivity index (χ1v) is 6.03. The van der Waals surface area contributed by atoms with Crippen LogP contribution in [0.4, 0.5) is 4.39 Å². The number of hydrogen-bond donors (Lipinski definition) is 1. The van der Waals surface area contributed by atoms with E-state index in [0.29, 0.717) is 0 Å². The number of aromatic nitrogens is 2. The predicted molar refractivity (Wildman–Crippen MR) is 69.9 cm³/mol. The molecule has 2 aromatic rings. The van der Waals surface area contributed by atoms with E-state index in [-0.39, 0.29) is 17.9 Å². The first-order valence-electron chi connectivity index (χ1n) is 6.03. The van der Waals surface area contributed by atoms with E-state index in [1.165, 1.54) is 12.1 Å². The number of benzene rings is 1. The lowest BCUT2D eigenvalue weighted by atomic mass is 10.0. The van der Waals surface area contributed by atoms with E-state index in [1.54, 1.807) is 12.1 Å². The van der Waals surface area contributed by atoms with Gasteiger partial charge in [0.15, 0.2) is 0 Å². The maximum Gasteiger partial charge on any atom is 0.123 e. The van der Waals surface area contributed by atoms with E-state index in [4.69, 9.17) is 5.73 Å². The highest BCUT2D eigenvalue weighted by Crippen LogP contribution is 2.23. The number of hydrogen-bond acceptors (Lipinski definition) is 2. The number of halogens is 1. The molecule has 4 heteroatoms. The Balaban J connectivity index is 2.46. The van der Waals surface area contributed by atoms with Gasteiger partial charge in [-0.2, -0.15) is 5.10 Å². The van der Waals surface area contributed by atoms with Crippen LogP contribution in [0.5, 0.6) is 0 Å². The zero-order chi connectivity index (χ0) is 13.3. The first kappa shape index (κ1) is 12.8. The molecule has 1 heterocycles. The number of aryl methyl sites for hydroxylation is 2. The van der Waals surface area contributed by atoms with Gasteiger partial charge in [-0.3, -0.25) is 4.68 Å². The Labute approximate surface area is 106 Å². The fraction of sp³-hybridized carbons (Fsp3) is 0.357. The van der Waals surface area contributed by atoms with E-state index in [2.05, 4.69) is 5.10 Å². The summed E-state index contributed by atoms with van der Waals surface area (Å²) in [6.07, 6.45) is 0. The van der Waals surface area contributed by atoms with E-state index >= 15 is 0 Å². The Hall–Kier alpha value is -1.68. The summed E-state index contributed by atoms with van der Waals surface area (Å²) < 4.78 is 14.9. The molecule has 0 aliphatic carbocycles. The van der Waals surface area contributed by atoms with E-state index in [1.807, 2.05) is 31.5 Å². The third kappa shape index (κ3) is 2.43. The van der Waals surface area contributed by atoms with Gasteiger partial charge in [-0.1, -0.05) is 12.1 Å². The summed E-state index contributed by atoms with van der Waals surface area (Å²) in [4.78, 5) is 0. The van der Waals surface area contributed by atoms with Gasteiger partial charge in [-0.25, -0.2) is 4.39 Å². The lowest BCUT2D eigenvalue weighted by molar-refractivity contribution is 0.443. The Morgan fingerprint density at radius 2 is 1.83 bits per heavy atom. The third-order valence-electron chi connectivity index (χ3n) is 3.02. The van der Waals surface area contributed by atoms with Gasteiger partial charge in [0, 0.05) is 11.7 Å². The normalized spacial score (nSPS) is 14.5. The summed E-state index contributed by atoms with van der Waals surface area (Å²) >= 11 is 0. The van der Waals surface area contributed by atoms with Crippen molar-refractivity contribution in [1.82, 2.24) is 9.78 Å². The minimum absolute atomic E-state index is 0.0701. The molecular weight excluding hydrogens is 229 g/mol. The summed E-state index contributed by atoms with van der Waals surface area (Å²) in [5.41, 5.74) is 9.05. The van der Waals surface area contributed by atoms with Crippen molar-refractivity contribution < 1.29 is 4.39 Å². The lowest BCUT2D eigenvalue weighted by Crippen LogP contribution is -2.31. The molecule has 3 nitrogen and oxygen atoms in total. The van der Waals surface area contributed by atoms with Crippen molar-refractivity contribution in [2.45, 2.75) is 32.9 Å². The molecule has 0 fully saturated rings. The molecule has 1 aromatic carbocycles. The van der Waals surface area contributed by atoms with Crippen LogP contribution >= 0.6 is 0 Å². The van der Waals surface area contributed by atoms with Gasteiger partial charge in [0.25, 0.3) is 0 Å². The summed E-state index contributed by atoms with van der Waals surface area (Å²) in [6.45, 7) is 5.88. The lowest BCUT2D eigenvalue weighted by Gasteiger charge is -2.23. The van der Waals surface area contributed by atoms with Crippen molar-refractivity contribution >= 4 is 0 Å². The van der Waals surface area contributed by atoms with Crippen LogP contribution < -0.4 is 5.73 Å². The molecule has 2 rings (SSSR count). The molecule has 0 saturated heterocycles. The minimum Gasteiger partial charge on any atom is -0.326 e. The SMILES string of the molecule is Cc1cc(C)n(C(c2ccc(F)cc2)C(C)N)n1. The van der Waals surface area contributed by atoms with Gasteiger partial charge in [-0.05, 0) is 44.5 Å². The van der Waals surface area contributed by atoms with Crippen LogP contribution in [-0.2, 0) is 0 Å². The molecule has 0 aliphatic rings. The Morgan fingerprint density at radius 1 is 1.22 bits per heavy atom. The van der Waals surface area contributed by atoms with E-state index < -0.39 is 0 Å². The second-order valence-corrected chi connectivity index (χ2v) is 4.73. The highest BCUT2D eigenvalue weighted by molar-refractivity contribution is 5.23. The Bertz CT molecular complexity index is 528. The van der Waals surface area contributed by atoms with Gasteiger partial charge in [-0.15, -0.1) is 0 Å². The highest BCUT2D eigenvalue weighted by atomic mass is 19.1. The molecular formula is C14H18FN3. The maximum atomic E-state index is 13.0. The molecule has 2 atom stereocenters. The molecule has 0 radical (unpaired) electrons. The number of nitrogens with two attached hydrogens (primary N) is 1. The van der Waals surface area contributed by atoms with Crippen molar-refractivity contribution in [3.05, 3.63) is 53.1 Å². The second kappa shape index (κ2) is 4.90. The van der Waals surface area contributed by atoms with Gasteiger partial charge in [0.2, 0.25) is 0 Å². The fourth-order valence-electron chi connectivity index (χ4n) is 2.26.